The van der Waals surface area contributed by atoms with E-state index < -0.39 is 10.0 Å². The third-order valence-electron chi connectivity index (χ3n) is 3.66. The summed E-state index contributed by atoms with van der Waals surface area (Å²) in [5.41, 5.74) is 0.693. The van der Waals surface area contributed by atoms with Crippen molar-refractivity contribution in [2.24, 2.45) is 0 Å². The third kappa shape index (κ3) is 2.82. The van der Waals surface area contributed by atoms with E-state index in [1.807, 2.05) is 6.92 Å². The lowest BCUT2D eigenvalue weighted by atomic mass is 10.2. The van der Waals surface area contributed by atoms with Crippen molar-refractivity contribution in [2.45, 2.75) is 50.2 Å². The molecule has 0 aliphatic heterocycles. The van der Waals surface area contributed by atoms with E-state index in [2.05, 4.69) is 15.5 Å². The maximum atomic E-state index is 12.7. The van der Waals surface area contributed by atoms with E-state index in [0.717, 1.165) is 25.7 Å². The highest BCUT2D eigenvalue weighted by Gasteiger charge is 2.34. The topological polar surface area (TPSA) is 78.1 Å². The summed E-state index contributed by atoms with van der Waals surface area (Å²) in [5.74, 6) is 0. The molecule has 108 valence electrons. The Morgan fingerprint density at radius 3 is 2.74 bits per heavy atom. The molecule has 1 aromatic rings. The van der Waals surface area contributed by atoms with Gasteiger partial charge in [-0.1, -0.05) is 19.8 Å². The van der Waals surface area contributed by atoms with Gasteiger partial charge in [-0.25, -0.2) is 8.42 Å². The summed E-state index contributed by atoms with van der Waals surface area (Å²) in [6.45, 7) is 2.89. The Kier molecular flexibility index (Phi) is 4.59. The molecule has 0 radical (unpaired) electrons. The van der Waals surface area contributed by atoms with Crippen LogP contribution in [0.3, 0.4) is 0 Å². The largest absolute Gasteiger partial charge is 0.316 e. The van der Waals surface area contributed by atoms with Gasteiger partial charge in [0.1, 0.15) is 0 Å². The number of hydrogen-bond donors (Lipinski definition) is 2. The number of aromatic nitrogens is 2. The van der Waals surface area contributed by atoms with Crippen LogP contribution in [0.2, 0.25) is 0 Å². The first-order chi connectivity index (χ1) is 9.11. The van der Waals surface area contributed by atoms with Crippen LogP contribution in [-0.4, -0.2) is 42.6 Å². The molecule has 1 saturated carbocycles. The van der Waals surface area contributed by atoms with Crippen LogP contribution in [0, 0.1) is 0 Å². The minimum atomic E-state index is -3.47. The van der Waals surface area contributed by atoms with Gasteiger partial charge in [0.25, 0.3) is 10.0 Å². The Hall–Kier alpha value is -0.920. The van der Waals surface area contributed by atoms with E-state index in [0.29, 0.717) is 18.7 Å². The summed E-state index contributed by atoms with van der Waals surface area (Å²) in [6.07, 6.45) is 5.73. The zero-order valence-electron chi connectivity index (χ0n) is 11.5. The molecule has 1 heterocycles. The van der Waals surface area contributed by atoms with Crippen molar-refractivity contribution in [1.29, 1.82) is 0 Å². The zero-order chi connectivity index (χ0) is 13.9. The molecule has 0 bridgehead atoms. The number of nitrogens with one attached hydrogen (secondary N) is 2. The quantitative estimate of drug-likeness (QED) is 0.820. The standard InChI is InChI=1S/C12H22N4O2S/c1-3-16(11-6-4-5-7-11)19(17,18)12-10(8-13-2)9-14-15-12/h9,11,13H,3-8H2,1-2H3,(H,14,15). The van der Waals surface area contributed by atoms with Crippen LogP contribution in [0.25, 0.3) is 0 Å². The summed E-state index contributed by atoms with van der Waals surface area (Å²) in [6, 6.07) is 0.140. The van der Waals surface area contributed by atoms with Crippen LogP contribution in [0.15, 0.2) is 11.2 Å². The molecule has 2 N–H and O–H groups in total. The highest BCUT2D eigenvalue weighted by Crippen LogP contribution is 2.28. The van der Waals surface area contributed by atoms with Gasteiger partial charge in [0.2, 0.25) is 0 Å². The molecule has 1 aliphatic carbocycles. The second-order valence-corrected chi connectivity index (χ2v) is 6.73. The molecule has 1 fully saturated rings. The van der Waals surface area contributed by atoms with Crippen LogP contribution in [-0.2, 0) is 16.6 Å². The second kappa shape index (κ2) is 6.02. The van der Waals surface area contributed by atoms with Crippen molar-refractivity contribution >= 4 is 10.0 Å². The van der Waals surface area contributed by atoms with Gasteiger partial charge >= 0.3 is 0 Å². The fourth-order valence-electron chi connectivity index (χ4n) is 2.77. The Labute approximate surface area is 114 Å². The number of sulfonamides is 1. The SMILES string of the molecule is CCN(C1CCCC1)S(=O)(=O)c1[nH]ncc1CNC. The molecule has 0 aromatic carbocycles. The molecule has 6 nitrogen and oxygen atoms in total. The molecule has 1 aromatic heterocycles. The van der Waals surface area contributed by atoms with Crippen LogP contribution in [0.5, 0.6) is 0 Å². The van der Waals surface area contributed by atoms with Crippen LogP contribution in [0.4, 0.5) is 0 Å². The predicted octanol–water partition coefficient (Wildman–Crippen LogP) is 1.08. The van der Waals surface area contributed by atoms with E-state index >= 15 is 0 Å². The molecular formula is C12H22N4O2S. The minimum Gasteiger partial charge on any atom is -0.316 e. The normalized spacial score (nSPS) is 17.4. The number of rotatable bonds is 6. The molecule has 0 unspecified atom stereocenters. The second-order valence-electron chi connectivity index (χ2n) is 4.90. The van der Waals surface area contributed by atoms with Crippen LogP contribution < -0.4 is 5.32 Å². The first-order valence-electron chi connectivity index (χ1n) is 6.80. The van der Waals surface area contributed by atoms with E-state index in [1.165, 1.54) is 0 Å². The van der Waals surface area contributed by atoms with Crippen molar-refractivity contribution in [3.63, 3.8) is 0 Å². The molecule has 7 heteroatoms. The molecule has 0 atom stereocenters. The molecule has 2 rings (SSSR count). The first kappa shape index (κ1) is 14.5. The predicted molar refractivity (Wildman–Crippen MR) is 73.2 cm³/mol. The Bertz CT molecular complexity index is 506. The van der Waals surface area contributed by atoms with Gasteiger partial charge < -0.3 is 5.32 Å². The summed E-state index contributed by atoms with van der Waals surface area (Å²) in [5, 5.41) is 9.73. The summed E-state index contributed by atoms with van der Waals surface area (Å²) in [4.78, 5) is 0. The van der Waals surface area contributed by atoms with Gasteiger partial charge in [0.05, 0.1) is 6.20 Å². The molecule has 0 saturated heterocycles. The van der Waals surface area contributed by atoms with E-state index in [9.17, 15) is 8.42 Å². The fourth-order valence-corrected chi connectivity index (χ4v) is 4.57. The minimum absolute atomic E-state index is 0.140. The van der Waals surface area contributed by atoms with Crippen LogP contribution in [0.1, 0.15) is 38.2 Å². The summed E-state index contributed by atoms with van der Waals surface area (Å²) >= 11 is 0. The van der Waals surface area contributed by atoms with Crippen molar-refractivity contribution in [1.82, 2.24) is 19.8 Å². The summed E-state index contributed by atoms with van der Waals surface area (Å²) < 4.78 is 27.1. The highest BCUT2D eigenvalue weighted by atomic mass is 32.2. The maximum absolute atomic E-state index is 12.7. The van der Waals surface area contributed by atoms with E-state index in [1.54, 1.807) is 17.5 Å². The number of hydrogen-bond acceptors (Lipinski definition) is 4. The number of aromatic amines is 1. The van der Waals surface area contributed by atoms with Crippen LogP contribution >= 0.6 is 0 Å². The van der Waals surface area contributed by atoms with Gasteiger partial charge in [-0.2, -0.15) is 9.40 Å². The van der Waals surface area contributed by atoms with Gasteiger partial charge in [0.15, 0.2) is 5.03 Å². The fraction of sp³-hybridized carbons (Fsp3) is 0.750. The van der Waals surface area contributed by atoms with E-state index in [-0.39, 0.29) is 11.1 Å². The monoisotopic (exact) mass is 286 g/mol. The van der Waals surface area contributed by atoms with Gasteiger partial charge in [-0.05, 0) is 19.9 Å². The Balaban J connectivity index is 2.31. The van der Waals surface area contributed by atoms with Crippen molar-refractivity contribution in [2.75, 3.05) is 13.6 Å². The number of nitrogens with zero attached hydrogens (tertiary/aromatic N) is 2. The molecule has 1 aliphatic rings. The Morgan fingerprint density at radius 2 is 2.16 bits per heavy atom. The van der Waals surface area contributed by atoms with E-state index in [4.69, 9.17) is 0 Å². The first-order valence-corrected chi connectivity index (χ1v) is 8.24. The van der Waals surface area contributed by atoms with Gasteiger partial charge in [0, 0.05) is 24.7 Å². The molecule has 0 amide bonds. The highest BCUT2D eigenvalue weighted by molar-refractivity contribution is 7.89. The van der Waals surface area contributed by atoms with Gasteiger partial charge in [-0.3, -0.25) is 5.10 Å². The summed E-state index contributed by atoms with van der Waals surface area (Å²) in [7, 11) is -1.68. The lowest BCUT2D eigenvalue weighted by Gasteiger charge is -2.26. The Morgan fingerprint density at radius 1 is 1.47 bits per heavy atom. The molecule has 0 spiro atoms. The average molecular weight is 286 g/mol. The lowest BCUT2D eigenvalue weighted by molar-refractivity contribution is 0.334. The molecule has 19 heavy (non-hydrogen) atoms. The lowest BCUT2D eigenvalue weighted by Crippen LogP contribution is -2.39. The third-order valence-corrected chi connectivity index (χ3v) is 5.70. The zero-order valence-corrected chi connectivity index (χ0v) is 12.3. The van der Waals surface area contributed by atoms with Crippen molar-refractivity contribution in [3.8, 4) is 0 Å². The average Bonchev–Trinajstić information content (AvgIpc) is 3.01. The maximum Gasteiger partial charge on any atom is 0.260 e. The number of H-pyrrole nitrogens is 1. The van der Waals surface area contributed by atoms with Crippen molar-refractivity contribution in [3.05, 3.63) is 11.8 Å². The van der Waals surface area contributed by atoms with Crippen molar-refractivity contribution < 1.29 is 8.42 Å². The smallest absolute Gasteiger partial charge is 0.260 e. The van der Waals surface area contributed by atoms with Gasteiger partial charge in [-0.15, -0.1) is 0 Å². The molecular weight excluding hydrogens is 264 g/mol.